The van der Waals surface area contributed by atoms with Crippen LogP contribution in [-0.2, 0) is 5.60 Å². The number of aliphatic hydroxyl groups is 1. The van der Waals surface area contributed by atoms with Gasteiger partial charge in [0, 0.05) is 16.2 Å². The SMILES string of the molecule is CCOc1cncc(C(C)(O)c2cccc(Br)c2)c1. The zero-order chi connectivity index (χ0) is 13.9. The summed E-state index contributed by atoms with van der Waals surface area (Å²) in [5, 5.41) is 10.8. The maximum Gasteiger partial charge on any atom is 0.137 e. The van der Waals surface area contributed by atoms with Crippen LogP contribution in [0.1, 0.15) is 25.0 Å². The monoisotopic (exact) mass is 321 g/mol. The summed E-state index contributed by atoms with van der Waals surface area (Å²) in [5.74, 6) is 0.662. The molecule has 1 aromatic carbocycles. The minimum atomic E-state index is -1.11. The van der Waals surface area contributed by atoms with Gasteiger partial charge in [0.1, 0.15) is 11.4 Å². The normalized spacial score (nSPS) is 13.9. The van der Waals surface area contributed by atoms with Crippen molar-refractivity contribution in [2.75, 3.05) is 6.61 Å². The van der Waals surface area contributed by atoms with Gasteiger partial charge in [-0.15, -0.1) is 0 Å². The van der Waals surface area contributed by atoms with Crippen LogP contribution in [0.15, 0.2) is 47.2 Å². The predicted octanol–water partition coefficient (Wildman–Crippen LogP) is 3.50. The van der Waals surface area contributed by atoms with Crippen LogP contribution in [0, 0.1) is 0 Å². The van der Waals surface area contributed by atoms with Gasteiger partial charge in [-0.25, -0.2) is 0 Å². The maximum absolute atomic E-state index is 10.8. The van der Waals surface area contributed by atoms with E-state index in [9.17, 15) is 5.11 Å². The lowest BCUT2D eigenvalue weighted by Gasteiger charge is -2.24. The van der Waals surface area contributed by atoms with Crippen molar-refractivity contribution in [3.05, 3.63) is 58.3 Å². The van der Waals surface area contributed by atoms with E-state index < -0.39 is 5.60 Å². The molecule has 4 heteroatoms. The van der Waals surface area contributed by atoms with Crippen molar-refractivity contribution in [2.45, 2.75) is 19.4 Å². The molecular weight excluding hydrogens is 306 g/mol. The first-order chi connectivity index (χ1) is 9.04. The molecule has 0 radical (unpaired) electrons. The third-order valence-corrected chi connectivity index (χ3v) is 3.47. The number of halogens is 1. The molecular formula is C15H16BrNO2. The fourth-order valence-corrected chi connectivity index (χ4v) is 2.29. The van der Waals surface area contributed by atoms with E-state index in [0.29, 0.717) is 17.9 Å². The highest BCUT2D eigenvalue weighted by Crippen LogP contribution is 2.31. The Kier molecular flexibility index (Phi) is 4.22. The molecule has 0 saturated heterocycles. The fraction of sp³-hybridized carbons (Fsp3) is 0.267. The first-order valence-corrected chi connectivity index (χ1v) is 6.90. The molecule has 0 spiro atoms. The zero-order valence-corrected chi connectivity index (χ0v) is 12.5. The number of pyridine rings is 1. The molecule has 19 heavy (non-hydrogen) atoms. The topological polar surface area (TPSA) is 42.4 Å². The second-order valence-corrected chi connectivity index (χ2v) is 5.34. The van der Waals surface area contributed by atoms with Crippen molar-refractivity contribution in [1.82, 2.24) is 4.98 Å². The van der Waals surface area contributed by atoms with E-state index in [1.54, 1.807) is 19.3 Å². The molecule has 1 N–H and O–H groups in total. The number of hydrogen-bond acceptors (Lipinski definition) is 3. The van der Waals surface area contributed by atoms with Gasteiger partial charge in [-0.05, 0) is 37.6 Å². The Morgan fingerprint density at radius 3 is 2.74 bits per heavy atom. The van der Waals surface area contributed by atoms with E-state index in [1.165, 1.54) is 0 Å². The van der Waals surface area contributed by atoms with Crippen molar-refractivity contribution in [3.8, 4) is 5.75 Å². The summed E-state index contributed by atoms with van der Waals surface area (Å²) in [6, 6.07) is 9.42. The minimum absolute atomic E-state index is 0.574. The molecule has 0 aliphatic rings. The number of nitrogens with zero attached hydrogens (tertiary/aromatic N) is 1. The number of benzene rings is 1. The fourth-order valence-electron chi connectivity index (χ4n) is 1.89. The maximum atomic E-state index is 10.8. The van der Waals surface area contributed by atoms with Crippen molar-refractivity contribution >= 4 is 15.9 Å². The van der Waals surface area contributed by atoms with E-state index in [4.69, 9.17) is 4.74 Å². The lowest BCUT2D eigenvalue weighted by Crippen LogP contribution is -2.23. The minimum Gasteiger partial charge on any atom is -0.492 e. The summed E-state index contributed by atoms with van der Waals surface area (Å²) in [4.78, 5) is 4.12. The Morgan fingerprint density at radius 1 is 1.26 bits per heavy atom. The summed E-state index contributed by atoms with van der Waals surface area (Å²) >= 11 is 3.42. The Balaban J connectivity index is 2.41. The highest BCUT2D eigenvalue weighted by atomic mass is 79.9. The van der Waals surface area contributed by atoms with Crippen LogP contribution in [-0.4, -0.2) is 16.7 Å². The van der Waals surface area contributed by atoms with Crippen LogP contribution in [0.25, 0.3) is 0 Å². The first-order valence-electron chi connectivity index (χ1n) is 6.10. The second-order valence-electron chi connectivity index (χ2n) is 4.42. The number of rotatable bonds is 4. The molecule has 1 aromatic heterocycles. The van der Waals surface area contributed by atoms with Gasteiger partial charge < -0.3 is 9.84 Å². The highest BCUT2D eigenvalue weighted by molar-refractivity contribution is 9.10. The number of ether oxygens (including phenoxy) is 1. The number of aromatic nitrogens is 1. The molecule has 1 heterocycles. The summed E-state index contributed by atoms with van der Waals surface area (Å²) in [6.45, 7) is 4.24. The Morgan fingerprint density at radius 2 is 2.05 bits per heavy atom. The zero-order valence-electron chi connectivity index (χ0n) is 10.9. The highest BCUT2D eigenvalue weighted by Gasteiger charge is 2.26. The van der Waals surface area contributed by atoms with Gasteiger partial charge in [0.2, 0.25) is 0 Å². The van der Waals surface area contributed by atoms with Gasteiger partial charge in [0.15, 0.2) is 0 Å². The molecule has 3 nitrogen and oxygen atoms in total. The lowest BCUT2D eigenvalue weighted by molar-refractivity contribution is 0.101. The van der Waals surface area contributed by atoms with E-state index in [-0.39, 0.29) is 0 Å². The van der Waals surface area contributed by atoms with Gasteiger partial charge in [-0.2, -0.15) is 0 Å². The molecule has 1 unspecified atom stereocenters. The van der Waals surface area contributed by atoms with E-state index >= 15 is 0 Å². The smallest absolute Gasteiger partial charge is 0.137 e. The van der Waals surface area contributed by atoms with Crippen LogP contribution in [0.2, 0.25) is 0 Å². The van der Waals surface area contributed by atoms with Crippen LogP contribution < -0.4 is 4.74 Å². The quantitative estimate of drug-likeness (QED) is 0.937. The molecule has 2 aromatic rings. The largest absolute Gasteiger partial charge is 0.492 e. The summed E-state index contributed by atoms with van der Waals surface area (Å²) in [7, 11) is 0. The van der Waals surface area contributed by atoms with E-state index in [0.717, 1.165) is 10.0 Å². The predicted molar refractivity (Wildman–Crippen MR) is 78.2 cm³/mol. The summed E-state index contributed by atoms with van der Waals surface area (Å²) < 4.78 is 6.35. The van der Waals surface area contributed by atoms with Crippen LogP contribution in [0.4, 0.5) is 0 Å². The molecule has 1 atom stereocenters. The van der Waals surface area contributed by atoms with Crippen molar-refractivity contribution in [3.63, 3.8) is 0 Å². The van der Waals surface area contributed by atoms with Crippen LogP contribution in [0.5, 0.6) is 5.75 Å². The molecule has 0 aliphatic carbocycles. The molecule has 0 bridgehead atoms. The average Bonchev–Trinajstić information content (AvgIpc) is 2.39. The Labute approximate surface area is 121 Å². The lowest BCUT2D eigenvalue weighted by atomic mass is 9.89. The van der Waals surface area contributed by atoms with Gasteiger partial charge in [0.25, 0.3) is 0 Å². The molecule has 0 saturated carbocycles. The van der Waals surface area contributed by atoms with Gasteiger partial charge in [-0.1, -0.05) is 28.1 Å². The third-order valence-electron chi connectivity index (χ3n) is 2.97. The van der Waals surface area contributed by atoms with Crippen LogP contribution >= 0.6 is 15.9 Å². The number of hydrogen-bond donors (Lipinski definition) is 1. The molecule has 100 valence electrons. The second kappa shape index (κ2) is 5.72. The first kappa shape index (κ1) is 14.0. The standard InChI is InChI=1S/C15H16BrNO2/c1-3-19-14-8-12(9-17-10-14)15(2,18)11-5-4-6-13(16)7-11/h4-10,18H,3H2,1-2H3. The molecule has 0 amide bonds. The molecule has 2 rings (SSSR count). The summed E-state index contributed by atoms with van der Waals surface area (Å²) in [6.07, 6.45) is 3.30. The van der Waals surface area contributed by atoms with Gasteiger partial charge in [-0.3, -0.25) is 4.98 Å². The van der Waals surface area contributed by atoms with Crippen molar-refractivity contribution in [2.24, 2.45) is 0 Å². The third kappa shape index (κ3) is 3.14. The molecule has 0 aliphatic heterocycles. The Bertz CT molecular complexity index is 570. The van der Waals surface area contributed by atoms with E-state index in [1.807, 2.05) is 37.3 Å². The van der Waals surface area contributed by atoms with Crippen LogP contribution in [0.3, 0.4) is 0 Å². The summed E-state index contributed by atoms with van der Waals surface area (Å²) in [5.41, 5.74) is 0.401. The van der Waals surface area contributed by atoms with Crippen molar-refractivity contribution < 1.29 is 9.84 Å². The molecule has 0 fully saturated rings. The Hall–Kier alpha value is -1.39. The van der Waals surface area contributed by atoms with Gasteiger partial charge in [0.05, 0.1) is 12.8 Å². The van der Waals surface area contributed by atoms with Crippen molar-refractivity contribution in [1.29, 1.82) is 0 Å². The van der Waals surface area contributed by atoms with E-state index in [2.05, 4.69) is 20.9 Å². The average molecular weight is 322 g/mol. The van der Waals surface area contributed by atoms with Gasteiger partial charge >= 0.3 is 0 Å².